The second kappa shape index (κ2) is 7.29. The molecule has 20 heavy (non-hydrogen) atoms. The van der Waals surface area contributed by atoms with Crippen LogP contribution in [0.1, 0.15) is 33.6 Å². The van der Waals surface area contributed by atoms with E-state index in [2.05, 4.69) is 5.32 Å². The van der Waals surface area contributed by atoms with Gasteiger partial charge in [-0.05, 0) is 39.7 Å². The van der Waals surface area contributed by atoms with Crippen LogP contribution in [0.25, 0.3) is 0 Å². The summed E-state index contributed by atoms with van der Waals surface area (Å²) in [6.45, 7) is 5.17. The number of carbonyl (C=O) groups excluding carboxylic acids is 1. The number of ether oxygens (including phenoxy) is 1. The Balaban J connectivity index is 4.39. The molecule has 0 aromatic carbocycles. The Labute approximate surface area is 121 Å². The number of alkyl carbamates (subject to hydrolysis) is 1. The summed E-state index contributed by atoms with van der Waals surface area (Å²) < 4.78 is 16.5. The minimum absolute atomic E-state index is 0.0374. The molecule has 2 N–H and O–H groups in total. The largest absolute Gasteiger partial charge is 0.512 e. The van der Waals surface area contributed by atoms with Gasteiger partial charge in [0, 0.05) is 11.8 Å². The van der Waals surface area contributed by atoms with E-state index < -0.39 is 27.7 Å². The lowest BCUT2D eigenvalue weighted by Gasteiger charge is -2.21. The summed E-state index contributed by atoms with van der Waals surface area (Å²) in [5, 5.41) is 22.2. The average Bonchev–Trinajstić information content (AvgIpc) is 2.18. The van der Waals surface area contributed by atoms with Gasteiger partial charge < -0.3 is 15.2 Å². The molecule has 0 radical (unpaired) electrons. The first-order valence-electron chi connectivity index (χ1n) is 6.27. The highest BCUT2D eigenvalue weighted by Gasteiger charge is 2.19. The molecule has 0 aliphatic heterocycles. The van der Waals surface area contributed by atoms with E-state index in [1.165, 1.54) is 17.9 Å². The van der Waals surface area contributed by atoms with Gasteiger partial charge in [0.1, 0.15) is 11.6 Å². The zero-order valence-corrected chi connectivity index (χ0v) is 13.5. The number of aliphatic hydroxyl groups is 1. The highest BCUT2D eigenvalue weighted by Crippen LogP contribution is 2.10. The molecule has 0 aromatic rings. The molecule has 0 aromatic heterocycles. The minimum Gasteiger partial charge on any atom is -0.512 e. The number of allylic oxidation sites excluding steroid dienone is 1. The predicted octanol–water partition coefficient (Wildman–Crippen LogP) is 1.86. The standard InChI is InChI=1S/C13H24N2O4S/c1-13(2,3)19-12(17)15-10(8-14)6-7-11(16)9-20(4,5)18/h9-10,16,20H,6-7H2,1-5H3,(H,15,17)/b11-9-/t10-/m0/s1. The highest BCUT2D eigenvalue weighted by molar-refractivity contribution is 8.04. The Hall–Kier alpha value is -1.55. The summed E-state index contributed by atoms with van der Waals surface area (Å²) in [5.41, 5.74) is -0.636. The van der Waals surface area contributed by atoms with Crippen molar-refractivity contribution in [3.63, 3.8) is 0 Å². The Morgan fingerprint density at radius 3 is 2.45 bits per heavy atom. The Morgan fingerprint density at radius 2 is 2.05 bits per heavy atom. The molecule has 0 unspecified atom stereocenters. The molecule has 6 nitrogen and oxygen atoms in total. The van der Waals surface area contributed by atoms with Gasteiger partial charge in [-0.15, -0.1) is 0 Å². The number of rotatable bonds is 5. The fourth-order valence-corrected chi connectivity index (χ4v) is 2.18. The molecule has 0 aliphatic rings. The van der Waals surface area contributed by atoms with Crippen LogP contribution >= 0.6 is 0 Å². The fraction of sp³-hybridized carbons (Fsp3) is 0.692. The van der Waals surface area contributed by atoms with E-state index in [9.17, 15) is 14.1 Å². The summed E-state index contributed by atoms with van der Waals surface area (Å²) >= 11 is 0. The molecule has 0 aliphatic carbocycles. The van der Waals surface area contributed by atoms with Crippen molar-refractivity contribution in [2.24, 2.45) is 0 Å². The second-order valence-electron chi connectivity index (χ2n) is 5.92. The number of aliphatic hydroxyl groups excluding tert-OH is 1. The lowest BCUT2D eigenvalue weighted by Crippen LogP contribution is -2.38. The summed E-state index contributed by atoms with van der Waals surface area (Å²) in [6, 6.07) is 1.15. The summed E-state index contributed by atoms with van der Waals surface area (Å²) in [5.74, 6) is -0.0374. The first kappa shape index (κ1) is 18.4. The molecule has 0 spiro atoms. The number of hydrogen-bond donors (Lipinski definition) is 3. The van der Waals surface area contributed by atoms with Crippen molar-refractivity contribution >= 4 is 16.0 Å². The average molecular weight is 304 g/mol. The van der Waals surface area contributed by atoms with Gasteiger partial charge in [-0.2, -0.15) is 5.26 Å². The Kier molecular flexibility index (Phi) is 6.73. The smallest absolute Gasteiger partial charge is 0.408 e. The van der Waals surface area contributed by atoms with Gasteiger partial charge in [-0.3, -0.25) is 4.21 Å². The number of nitrogens with one attached hydrogen (secondary N) is 1. The molecule has 7 heteroatoms. The van der Waals surface area contributed by atoms with Gasteiger partial charge in [-0.25, -0.2) is 4.79 Å². The molecular weight excluding hydrogens is 280 g/mol. The van der Waals surface area contributed by atoms with Gasteiger partial charge in [0.05, 0.1) is 11.8 Å². The molecule has 0 heterocycles. The second-order valence-corrected chi connectivity index (χ2v) is 9.05. The van der Waals surface area contributed by atoms with Gasteiger partial charge >= 0.3 is 6.09 Å². The van der Waals surface area contributed by atoms with Crippen LogP contribution in [0.2, 0.25) is 0 Å². The number of nitrogens with zero attached hydrogens (tertiary/aromatic N) is 1. The van der Waals surface area contributed by atoms with Crippen molar-refractivity contribution in [1.82, 2.24) is 5.32 Å². The van der Waals surface area contributed by atoms with Crippen LogP contribution in [-0.4, -0.2) is 39.6 Å². The molecule has 0 saturated heterocycles. The van der Waals surface area contributed by atoms with Gasteiger partial charge in [0.15, 0.2) is 0 Å². The van der Waals surface area contributed by atoms with Crippen LogP contribution in [-0.2, 0) is 14.7 Å². The van der Waals surface area contributed by atoms with E-state index >= 15 is 0 Å². The quantitative estimate of drug-likeness (QED) is 0.532. The van der Waals surface area contributed by atoms with E-state index in [1.54, 1.807) is 20.8 Å². The molecule has 116 valence electrons. The third-order valence-corrected chi connectivity index (χ3v) is 2.92. The van der Waals surface area contributed by atoms with Crippen molar-refractivity contribution in [3.05, 3.63) is 11.2 Å². The van der Waals surface area contributed by atoms with Crippen molar-refractivity contribution < 1.29 is 18.8 Å². The molecule has 0 bridgehead atoms. The first-order chi connectivity index (χ1) is 8.93. The molecule has 0 saturated carbocycles. The van der Waals surface area contributed by atoms with Gasteiger partial charge in [-0.1, -0.05) is 9.93 Å². The van der Waals surface area contributed by atoms with Crippen LogP contribution in [0.5, 0.6) is 0 Å². The maximum atomic E-state index is 11.5. The van der Waals surface area contributed by atoms with E-state index in [0.29, 0.717) is 0 Å². The van der Waals surface area contributed by atoms with E-state index in [4.69, 9.17) is 10.00 Å². The SMILES string of the molecule is CC(C)(C)OC(=O)N[C@H](C#N)CC/C(O)=C/[SH](C)(C)=O. The van der Waals surface area contributed by atoms with E-state index in [0.717, 1.165) is 0 Å². The Bertz CT molecular complexity index is 454. The van der Waals surface area contributed by atoms with Gasteiger partial charge in [0.2, 0.25) is 0 Å². The maximum absolute atomic E-state index is 11.5. The van der Waals surface area contributed by atoms with Crippen molar-refractivity contribution in [2.75, 3.05) is 12.5 Å². The molecule has 0 rings (SSSR count). The normalized spacial score (nSPS) is 15.1. The molecule has 1 atom stereocenters. The van der Waals surface area contributed by atoms with Crippen LogP contribution in [0.4, 0.5) is 4.79 Å². The predicted molar refractivity (Wildman–Crippen MR) is 80.1 cm³/mol. The minimum atomic E-state index is -2.45. The van der Waals surface area contributed by atoms with E-state index in [1.807, 2.05) is 6.07 Å². The molecular formula is C13H24N2O4S. The lowest BCUT2D eigenvalue weighted by atomic mass is 10.1. The molecule has 0 fully saturated rings. The van der Waals surface area contributed by atoms with Crippen LogP contribution in [0, 0.1) is 11.3 Å². The van der Waals surface area contributed by atoms with Crippen molar-refractivity contribution in [2.45, 2.75) is 45.3 Å². The fourth-order valence-electron chi connectivity index (χ4n) is 1.33. The number of thiol groups is 1. The monoisotopic (exact) mass is 304 g/mol. The number of hydrogen-bond acceptors (Lipinski definition) is 5. The van der Waals surface area contributed by atoms with Crippen molar-refractivity contribution in [1.29, 1.82) is 5.26 Å². The van der Waals surface area contributed by atoms with E-state index in [-0.39, 0.29) is 18.6 Å². The third-order valence-electron chi connectivity index (χ3n) is 2.00. The maximum Gasteiger partial charge on any atom is 0.408 e. The van der Waals surface area contributed by atoms with Crippen LogP contribution in [0.15, 0.2) is 11.2 Å². The zero-order chi connectivity index (χ0) is 16.0. The highest BCUT2D eigenvalue weighted by atomic mass is 32.2. The summed E-state index contributed by atoms with van der Waals surface area (Å²) in [6.07, 6.45) is 2.77. The Morgan fingerprint density at radius 1 is 1.50 bits per heavy atom. The zero-order valence-electron chi connectivity index (χ0n) is 12.6. The summed E-state index contributed by atoms with van der Waals surface area (Å²) in [7, 11) is -2.45. The number of nitriles is 1. The number of amides is 1. The number of carbonyl (C=O) groups is 1. The third kappa shape index (κ3) is 10.4. The van der Waals surface area contributed by atoms with Crippen LogP contribution in [0.3, 0.4) is 0 Å². The van der Waals surface area contributed by atoms with Crippen molar-refractivity contribution in [3.8, 4) is 6.07 Å². The summed E-state index contributed by atoms with van der Waals surface area (Å²) in [4.78, 5) is 11.5. The topological polar surface area (TPSA) is 99.4 Å². The molecule has 1 amide bonds. The van der Waals surface area contributed by atoms with Crippen LogP contribution < -0.4 is 5.32 Å². The van der Waals surface area contributed by atoms with Gasteiger partial charge in [0.25, 0.3) is 0 Å². The first-order valence-corrected chi connectivity index (χ1v) is 8.94. The lowest BCUT2D eigenvalue weighted by molar-refractivity contribution is 0.0513.